The van der Waals surface area contributed by atoms with Gasteiger partial charge in [0, 0.05) is 5.39 Å². The number of alkyl halides is 2. The van der Waals surface area contributed by atoms with E-state index in [0.29, 0.717) is 10.1 Å². The van der Waals surface area contributed by atoms with Crippen molar-refractivity contribution in [2.45, 2.75) is 6.43 Å². The molecule has 3 N–H and O–H groups in total. The number of phenolic OH excluding ortho intramolecular Hbond substituents is 1. The number of rotatable bonds is 1. The number of fused-ring (bicyclic) bond motifs is 1. The average molecular weight is 215 g/mol. The molecule has 74 valence electrons. The van der Waals surface area contributed by atoms with E-state index in [4.69, 9.17) is 5.73 Å². The predicted molar refractivity (Wildman–Crippen MR) is 52.9 cm³/mol. The molecule has 0 unspecified atom stereocenters. The standard InChI is InChI=1S/C9H7F2NOS/c10-8(11)6-4-2-1-3-5(13)7(4)14-9(6)12/h1-3,8,13H,12H2. The molecule has 2 aromatic rings. The Kier molecular flexibility index (Phi) is 2.03. The van der Waals surface area contributed by atoms with Gasteiger partial charge in [0.2, 0.25) is 0 Å². The van der Waals surface area contributed by atoms with E-state index in [-0.39, 0.29) is 16.3 Å². The molecule has 2 nitrogen and oxygen atoms in total. The topological polar surface area (TPSA) is 46.2 Å². The van der Waals surface area contributed by atoms with E-state index in [9.17, 15) is 13.9 Å². The van der Waals surface area contributed by atoms with Crippen LogP contribution >= 0.6 is 11.3 Å². The highest BCUT2D eigenvalue weighted by atomic mass is 32.1. The molecule has 0 aliphatic rings. The lowest BCUT2D eigenvalue weighted by molar-refractivity contribution is 0.154. The van der Waals surface area contributed by atoms with Gasteiger partial charge in [-0.15, -0.1) is 11.3 Å². The van der Waals surface area contributed by atoms with Gasteiger partial charge in [-0.1, -0.05) is 12.1 Å². The maximum atomic E-state index is 12.6. The van der Waals surface area contributed by atoms with Crippen molar-refractivity contribution in [2.75, 3.05) is 5.73 Å². The first-order valence-corrected chi connectivity index (χ1v) is 4.71. The number of nitrogen functional groups attached to an aromatic ring is 1. The molecule has 0 atom stereocenters. The Balaban J connectivity index is 2.83. The molecule has 0 amide bonds. The Labute approximate surface area is 82.6 Å². The summed E-state index contributed by atoms with van der Waals surface area (Å²) in [5.74, 6) is -0.00824. The largest absolute Gasteiger partial charge is 0.506 e. The number of thiophene rings is 1. The van der Waals surface area contributed by atoms with Crippen molar-refractivity contribution in [3.8, 4) is 5.75 Å². The molecule has 0 bridgehead atoms. The van der Waals surface area contributed by atoms with Crippen LogP contribution in [0, 0.1) is 0 Å². The second-order valence-electron chi connectivity index (χ2n) is 2.83. The van der Waals surface area contributed by atoms with Crippen LogP contribution in [-0.2, 0) is 0 Å². The van der Waals surface area contributed by atoms with Gasteiger partial charge < -0.3 is 10.8 Å². The fraction of sp³-hybridized carbons (Fsp3) is 0.111. The number of phenols is 1. The van der Waals surface area contributed by atoms with E-state index in [0.717, 1.165) is 11.3 Å². The Bertz CT molecular complexity index is 481. The van der Waals surface area contributed by atoms with E-state index >= 15 is 0 Å². The lowest BCUT2D eigenvalue weighted by Crippen LogP contribution is -1.88. The third-order valence-corrected chi connectivity index (χ3v) is 3.05. The third-order valence-electron chi connectivity index (χ3n) is 1.98. The number of halogens is 2. The van der Waals surface area contributed by atoms with Crippen molar-refractivity contribution in [3.05, 3.63) is 23.8 Å². The fourth-order valence-electron chi connectivity index (χ4n) is 1.37. The molecule has 0 radical (unpaired) electrons. The Morgan fingerprint density at radius 1 is 1.36 bits per heavy atom. The average Bonchev–Trinajstić information content (AvgIpc) is 2.42. The number of benzene rings is 1. The van der Waals surface area contributed by atoms with Gasteiger partial charge in [-0.3, -0.25) is 0 Å². The summed E-state index contributed by atoms with van der Waals surface area (Å²) >= 11 is 0.981. The first kappa shape index (κ1) is 9.21. The Morgan fingerprint density at radius 3 is 2.71 bits per heavy atom. The minimum atomic E-state index is -2.61. The van der Waals surface area contributed by atoms with Crippen LogP contribution in [0.4, 0.5) is 13.8 Å². The van der Waals surface area contributed by atoms with Crippen molar-refractivity contribution in [2.24, 2.45) is 0 Å². The van der Waals surface area contributed by atoms with E-state index in [2.05, 4.69) is 0 Å². The molecule has 1 aromatic carbocycles. The van der Waals surface area contributed by atoms with Crippen LogP contribution in [-0.4, -0.2) is 5.11 Å². The van der Waals surface area contributed by atoms with Crippen molar-refractivity contribution in [1.82, 2.24) is 0 Å². The summed E-state index contributed by atoms with van der Waals surface area (Å²) in [6, 6.07) is 4.51. The Morgan fingerprint density at radius 2 is 2.07 bits per heavy atom. The maximum absolute atomic E-state index is 12.6. The fourth-order valence-corrected chi connectivity index (χ4v) is 2.36. The minimum Gasteiger partial charge on any atom is -0.506 e. The summed E-state index contributed by atoms with van der Waals surface area (Å²) in [5, 5.41) is 9.80. The zero-order valence-corrected chi connectivity index (χ0v) is 7.81. The van der Waals surface area contributed by atoms with E-state index < -0.39 is 6.43 Å². The first-order chi connectivity index (χ1) is 6.61. The van der Waals surface area contributed by atoms with Gasteiger partial charge in [-0.2, -0.15) is 0 Å². The Hall–Kier alpha value is -1.36. The zero-order chi connectivity index (χ0) is 10.3. The smallest absolute Gasteiger partial charge is 0.267 e. The van der Waals surface area contributed by atoms with Crippen molar-refractivity contribution in [3.63, 3.8) is 0 Å². The van der Waals surface area contributed by atoms with Gasteiger partial charge in [0.05, 0.1) is 15.3 Å². The van der Waals surface area contributed by atoms with Gasteiger partial charge >= 0.3 is 0 Å². The molecule has 0 aliphatic heterocycles. The first-order valence-electron chi connectivity index (χ1n) is 3.89. The second-order valence-corrected chi connectivity index (χ2v) is 3.89. The van der Waals surface area contributed by atoms with Gasteiger partial charge in [0.25, 0.3) is 6.43 Å². The lowest BCUT2D eigenvalue weighted by Gasteiger charge is -1.98. The van der Waals surface area contributed by atoms with Crippen molar-refractivity contribution >= 4 is 26.4 Å². The second kappa shape index (κ2) is 3.09. The summed E-state index contributed by atoms with van der Waals surface area (Å²) in [7, 11) is 0. The normalized spacial score (nSPS) is 11.4. The molecule has 5 heteroatoms. The molecule has 14 heavy (non-hydrogen) atoms. The highest BCUT2D eigenvalue weighted by Crippen LogP contribution is 2.42. The van der Waals surface area contributed by atoms with Crippen LogP contribution in [0.1, 0.15) is 12.0 Å². The third kappa shape index (κ3) is 1.21. The highest BCUT2D eigenvalue weighted by Gasteiger charge is 2.19. The van der Waals surface area contributed by atoms with Gasteiger partial charge in [-0.05, 0) is 6.07 Å². The molecule has 0 fully saturated rings. The summed E-state index contributed by atoms with van der Waals surface area (Å²) in [6.45, 7) is 0. The van der Waals surface area contributed by atoms with E-state index in [1.165, 1.54) is 18.2 Å². The summed E-state index contributed by atoms with van der Waals surface area (Å²) in [5.41, 5.74) is 5.27. The van der Waals surface area contributed by atoms with Crippen LogP contribution in [0.15, 0.2) is 18.2 Å². The summed E-state index contributed by atoms with van der Waals surface area (Å²) < 4.78 is 25.6. The number of hydrogen-bond donors (Lipinski definition) is 2. The van der Waals surface area contributed by atoms with Crippen LogP contribution in [0.2, 0.25) is 0 Å². The molecule has 0 spiro atoms. The molecule has 1 aromatic heterocycles. The molecule has 0 saturated heterocycles. The molecular weight excluding hydrogens is 208 g/mol. The molecule has 0 aliphatic carbocycles. The molecular formula is C9H7F2NOS. The minimum absolute atomic E-state index is 0.00824. The van der Waals surface area contributed by atoms with Crippen LogP contribution in [0.25, 0.3) is 10.1 Å². The molecule has 0 saturated carbocycles. The summed E-state index contributed by atoms with van der Waals surface area (Å²) in [6.07, 6.45) is -2.61. The number of hydrogen-bond acceptors (Lipinski definition) is 3. The SMILES string of the molecule is Nc1sc2c(O)cccc2c1C(F)F. The van der Waals surface area contributed by atoms with Crippen LogP contribution in [0.5, 0.6) is 5.75 Å². The quantitative estimate of drug-likeness (QED) is 0.767. The number of nitrogens with two attached hydrogens (primary N) is 1. The zero-order valence-electron chi connectivity index (χ0n) is 7.00. The highest BCUT2D eigenvalue weighted by molar-refractivity contribution is 7.23. The predicted octanol–water partition coefficient (Wildman–Crippen LogP) is 3.13. The number of anilines is 1. The van der Waals surface area contributed by atoms with E-state index in [1.54, 1.807) is 0 Å². The van der Waals surface area contributed by atoms with Gasteiger partial charge in [-0.25, -0.2) is 8.78 Å². The van der Waals surface area contributed by atoms with E-state index in [1.807, 2.05) is 0 Å². The van der Waals surface area contributed by atoms with Crippen molar-refractivity contribution in [1.29, 1.82) is 0 Å². The van der Waals surface area contributed by atoms with Gasteiger partial charge in [0.1, 0.15) is 5.75 Å². The monoisotopic (exact) mass is 215 g/mol. The van der Waals surface area contributed by atoms with Crippen LogP contribution in [0.3, 0.4) is 0 Å². The molecule has 1 heterocycles. The van der Waals surface area contributed by atoms with Crippen LogP contribution < -0.4 is 5.73 Å². The van der Waals surface area contributed by atoms with Gasteiger partial charge in [0.15, 0.2) is 0 Å². The maximum Gasteiger partial charge on any atom is 0.267 e. The lowest BCUT2D eigenvalue weighted by atomic mass is 10.1. The summed E-state index contributed by atoms with van der Waals surface area (Å²) in [4.78, 5) is 0. The number of aromatic hydroxyl groups is 1. The van der Waals surface area contributed by atoms with Crippen molar-refractivity contribution < 1.29 is 13.9 Å². The molecule has 2 rings (SSSR count).